The second kappa shape index (κ2) is 5.85. The maximum Gasteiger partial charge on any atom is 0.335 e. The number of sulfonamides is 1. The predicted molar refractivity (Wildman–Crippen MR) is 74.4 cm³/mol. The Morgan fingerprint density at radius 2 is 1.45 bits per heavy atom. The van der Waals surface area contributed by atoms with Gasteiger partial charge in [-0.25, -0.2) is 18.4 Å². The Morgan fingerprint density at radius 3 is 1.95 bits per heavy atom. The number of esters is 1. The van der Waals surface area contributed by atoms with E-state index in [-0.39, 0.29) is 11.3 Å². The number of hydrogen-bond donors (Lipinski definition) is 1. The summed E-state index contributed by atoms with van der Waals surface area (Å²) in [6.45, 7) is 0. The summed E-state index contributed by atoms with van der Waals surface area (Å²) in [5.41, 5.74) is 0.274. The molecule has 2 aromatic rings. The van der Waals surface area contributed by atoms with Crippen LogP contribution in [0, 0.1) is 0 Å². The summed E-state index contributed by atoms with van der Waals surface area (Å²) >= 11 is 0. The molecule has 0 bridgehead atoms. The summed E-state index contributed by atoms with van der Waals surface area (Å²) in [6, 6.07) is 16.2. The van der Waals surface area contributed by atoms with Crippen molar-refractivity contribution in [2.75, 3.05) is 0 Å². The van der Waals surface area contributed by atoms with E-state index in [2.05, 4.69) is 0 Å². The van der Waals surface area contributed by atoms with Gasteiger partial charge in [-0.1, -0.05) is 48.5 Å². The van der Waals surface area contributed by atoms with Crippen molar-refractivity contribution in [1.82, 2.24) is 0 Å². The number of carbonyl (C=O) groups excluding carboxylic acids is 1. The number of nitrogens with two attached hydrogens (primary N) is 1. The molecule has 1 unspecified atom stereocenters. The van der Waals surface area contributed by atoms with Crippen LogP contribution in [0.15, 0.2) is 60.7 Å². The number of para-hydroxylation sites is 1. The van der Waals surface area contributed by atoms with Crippen LogP contribution in [0.3, 0.4) is 0 Å². The number of hydrogen-bond acceptors (Lipinski definition) is 4. The predicted octanol–water partition coefficient (Wildman–Crippen LogP) is 1.62. The van der Waals surface area contributed by atoms with Crippen molar-refractivity contribution in [2.45, 2.75) is 5.25 Å². The summed E-state index contributed by atoms with van der Waals surface area (Å²) in [4.78, 5) is 12.1. The van der Waals surface area contributed by atoms with Crippen LogP contribution in [-0.4, -0.2) is 14.4 Å². The highest BCUT2D eigenvalue weighted by Gasteiger charge is 2.33. The molecule has 0 aliphatic heterocycles. The van der Waals surface area contributed by atoms with E-state index in [1.807, 2.05) is 0 Å². The van der Waals surface area contributed by atoms with E-state index in [1.54, 1.807) is 48.5 Å². The Balaban J connectivity index is 2.31. The van der Waals surface area contributed by atoms with Crippen LogP contribution in [0.4, 0.5) is 0 Å². The van der Waals surface area contributed by atoms with E-state index >= 15 is 0 Å². The van der Waals surface area contributed by atoms with Crippen molar-refractivity contribution in [3.05, 3.63) is 66.2 Å². The van der Waals surface area contributed by atoms with E-state index in [1.165, 1.54) is 12.1 Å². The molecule has 0 aromatic heterocycles. The van der Waals surface area contributed by atoms with Gasteiger partial charge in [0.15, 0.2) is 5.25 Å². The van der Waals surface area contributed by atoms with Gasteiger partial charge in [-0.3, -0.25) is 0 Å². The maximum atomic E-state index is 12.1. The van der Waals surface area contributed by atoms with Crippen molar-refractivity contribution in [3.8, 4) is 5.75 Å². The lowest BCUT2D eigenvalue weighted by Crippen LogP contribution is -2.31. The van der Waals surface area contributed by atoms with Crippen LogP contribution in [0.25, 0.3) is 0 Å². The summed E-state index contributed by atoms with van der Waals surface area (Å²) in [6.07, 6.45) is 0. The first-order chi connectivity index (χ1) is 9.48. The molecule has 1 atom stereocenters. The van der Waals surface area contributed by atoms with Crippen LogP contribution >= 0.6 is 0 Å². The average molecular weight is 291 g/mol. The Kier molecular flexibility index (Phi) is 4.16. The number of primary sulfonamides is 1. The maximum absolute atomic E-state index is 12.1. The smallest absolute Gasteiger partial charge is 0.335 e. The Labute approximate surface area is 117 Å². The van der Waals surface area contributed by atoms with Gasteiger partial charge in [0.1, 0.15) is 5.75 Å². The standard InChI is InChI=1S/C14H13NO4S/c15-20(17,18)13(11-7-3-1-4-8-11)14(16)19-12-9-5-2-6-10-12/h1-10,13H,(H2,15,17,18). The fraction of sp³-hybridized carbons (Fsp3) is 0.0714. The van der Waals surface area contributed by atoms with Crippen LogP contribution in [0.2, 0.25) is 0 Å². The average Bonchev–Trinajstić information content (AvgIpc) is 2.39. The molecule has 0 radical (unpaired) electrons. The summed E-state index contributed by atoms with van der Waals surface area (Å²) < 4.78 is 28.3. The normalized spacial score (nSPS) is 12.7. The molecule has 2 N–H and O–H groups in total. The summed E-state index contributed by atoms with van der Waals surface area (Å²) in [7, 11) is -4.11. The first-order valence-electron chi connectivity index (χ1n) is 5.82. The molecule has 0 aliphatic carbocycles. The minimum Gasteiger partial charge on any atom is -0.425 e. The minimum absolute atomic E-state index is 0.266. The van der Waals surface area contributed by atoms with Crippen LogP contribution in [-0.2, 0) is 14.8 Å². The molecule has 5 nitrogen and oxygen atoms in total. The zero-order valence-electron chi connectivity index (χ0n) is 10.5. The molecular formula is C14H13NO4S. The fourth-order valence-corrected chi connectivity index (χ4v) is 2.60. The fourth-order valence-electron chi connectivity index (χ4n) is 1.75. The van der Waals surface area contributed by atoms with Gasteiger partial charge in [-0.15, -0.1) is 0 Å². The largest absolute Gasteiger partial charge is 0.425 e. The number of carbonyl (C=O) groups is 1. The van der Waals surface area contributed by atoms with Crippen molar-refractivity contribution < 1.29 is 17.9 Å². The van der Waals surface area contributed by atoms with Gasteiger partial charge in [0.2, 0.25) is 10.0 Å². The second-order valence-electron chi connectivity index (χ2n) is 4.11. The molecule has 20 heavy (non-hydrogen) atoms. The highest BCUT2D eigenvalue weighted by Crippen LogP contribution is 2.23. The van der Waals surface area contributed by atoms with E-state index in [0.29, 0.717) is 0 Å². The Morgan fingerprint density at radius 1 is 0.950 bits per heavy atom. The monoisotopic (exact) mass is 291 g/mol. The first kappa shape index (κ1) is 14.2. The third-order valence-electron chi connectivity index (χ3n) is 2.61. The van der Waals surface area contributed by atoms with Gasteiger partial charge in [0.05, 0.1) is 0 Å². The molecule has 2 rings (SSSR count). The zero-order chi connectivity index (χ0) is 14.6. The lowest BCUT2D eigenvalue weighted by molar-refractivity contribution is -0.134. The second-order valence-corrected chi connectivity index (χ2v) is 5.76. The quantitative estimate of drug-likeness (QED) is 0.685. The van der Waals surface area contributed by atoms with Crippen molar-refractivity contribution in [1.29, 1.82) is 0 Å². The van der Waals surface area contributed by atoms with E-state index in [0.717, 1.165) is 0 Å². The van der Waals surface area contributed by atoms with Gasteiger partial charge in [0, 0.05) is 0 Å². The van der Waals surface area contributed by atoms with Gasteiger partial charge in [-0.2, -0.15) is 0 Å². The van der Waals surface area contributed by atoms with E-state index < -0.39 is 21.2 Å². The van der Waals surface area contributed by atoms with E-state index in [4.69, 9.17) is 9.88 Å². The van der Waals surface area contributed by atoms with Gasteiger partial charge < -0.3 is 4.74 Å². The molecule has 0 saturated carbocycles. The topological polar surface area (TPSA) is 86.5 Å². The summed E-state index contributed by atoms with van der Waals surface area (Å²) in [5, 5.41) is 3.60. The molecule has 0 fully saturated rings. The third-order valence-corrected chi connectivity index (χ3v) is 3.73. The highest BCUT2D eigenvalue weighted by molar-refractivity contribution is 7.90. The van der Waals surface area contributed by atoms with Crippen molar-refractivity contribution >= 4 is 16.0 Å². The minimum atomic E-state index is -4.11. The molecule has 0 amide bonds. The summed E-state index contributed by atoms with van der Waals surface area (Å²) in [5.74, 6) is -0.660. The Hall–Kier alpha value is -2.18. The van der Waals surface area contributed by atoms with Crippen LogP contribution < -0.4 is 9.88 Å². The zero-order valence-corrected chi connectivity index (χ0v) is 11.3. The van der Waals surface area contributed by atoms with Crippen LogP contribution in [0.1, 0.15) is 10.8 Å². The van der Waals surface area contributed by atoms with Gasteiger partial charge in [0.25, 0.3) is 0 Å². The molecule has 104 valence electrons. The van der Waals surface area contributed by atoms with Crippen LogP contribution in [0.5, 0.6) is 5.75 Å². The first-order valence-corrected chi connectivity index (χ1v) is 7.43. The lowest BCUT2D eigenvalue weighted by atomic mass is 10.1. The highest BCUT2D eigenvalue weighted by atomic mass is 32.2. The number of benzene rings is 2. The molecule has 0 saturated heterocycles. The third kappa shape index (κ3) is 3.43. The number of rotatable bonds is 4. The lowest BCUT2D eigenvalue weighted by Gasteiger charge is -2.14. The molecule has 6 heteroatoms. The van der Waals surface area contributed by atoms with E-state index in [9.17, 15) is 13.2 Å². The molecule has 2 aromatic carbocycles. The molecular weight excluding hydrogens is 278 g/mol. The molecule has 0 spiro atoms. The molecule has 0 heterocycles. The Bertz CT molecular complexity index is 684. The van der Waals surface area contributed by atoms with Gasteiger partial charge >= 0.3 is 5.97 Å². The van der Waals surface area contributed by atoms with Crippen molar-refractivity contribution in [3.63, 3.8) is 0 Å². The number of ether oxygens (including phenoxy) is 1. The van der Waals surface area contributed by atoms with Gasteiger partial charge in [-0.05, 0) is 17.7 Å². The molecule has 0 aliphatic rings. The van der Waals surface area contributed by atoms with Crippen molar-refractivity contribution in [2.24, 2.45) is 5.14 Å². The SMILES string of the molecule is NS(=O)(=O)C(C(=O)Oc1ccccc1)c1ccccc1.